The fourth-order valence-electron chi connectivity index (χ4n) is 3.07. The summed E-state index contributed by atoms with van der Waals surface area (Å²) in [5, 5.41) is 2.38. The number of nitrogens with zero attached hydrogens (tertiary/aromatic N) is 2. The van der Waals surface area contributed by atoms with Crippen LogP contribution < -0.4 is 5.32 Å². The molecular formula is C18H19F6N3O. The van der Waals surface area contributed by atoms with Gasteiger partial charge in [-0.1, -0.05) is 20.3 Å². The monoisotopic (exact) mass is 407 g/mol. The number of imidazole rings is 1. The Morgan fingerprint density at radius 3 is 2.32 bits per heavy atom. The van der Waals surface area contributed by atoms with E-state index < -0.39 is 35.7 Å². The van der Waals surface area contributed by atoms with Crippen LogP contribution in [0.3, 0.4) is 0 Å². The van der Waals surface area contributed by atoms with E-state index in [1.165, 1.54) is 10.5 Å². The molecule has 0 unspecified atom stereocenters. The van der Waals surface area contributed by atoms with Gasteiger partial charge in [0.05, 0.1) is 16.7 Å². The van der Waals surface area contributed by atoms with Gasteiger partial charge in [-0.25, -0.2) is 4.98 Å². The SMILES string of the molecule is CC(C)(CC(=O)Nc1nc2ccc(C(F)(F)F)cn2c1C1CCC1)C(F)(F)F. The Morgan fingerprint density at radius 1 is 1.18 bits per heavy atom. The molecule has 3 rings (SSSR count). The van der Waals surface area contributed by atoms with Crippen LogP contribution in [0.1, 0.15) is 56.7 Å². The number of anilines is 1. The number of pyridine rings is 1. The van der Waals surface area contributed by atoms with Crippen molar-refractivity contribution in [3.63, 3.8) is 0 Å². The number of fused-ring (bicyclic) bond motifs is 1. The van der Waals surface area contributed by atoms with Crippen molar-refractivity contribution in [1.82, 2.24) is 9.38 Å². The first-order valence-electron chi connectivity index (χ1n) is 8.75. The second-order valence-corrected chi connectivity index (χ2v) is 7.72. The van der Waals surface area contributed by atoms with Crippen LogP contribution in [0.4, 0.5) is 32.2 Å². The Morgan fingerprint density at radius 2 is 1.82 bits per heavy atom. The molecular weight excluding hydrogens is 388 g/mol. The number of hydrogen-bond donors (Lipinski definition) is 1. The fourth-order valence-corrected chi connectivity index (χ4v) is 3.07. The minimum Gasteiger partial charge on any atom is -0.309 e. The first-order chi connectivity index (χ1) is 12.8. The van der Waals surface area contributed by atoms with Crippen LogP contribution in [0, 0.1) is 5.41 Å². The van der Waals surface area contributed by atoms with Crippen molar-refractivity contribution in [3.8, 4) is 0 Å². The van der Waals surface area contributed by atoms with E-state index in [1.807, 2.05) is 0 Å². The zero-order chi connectivity index (χ0) is 20.9. The molecule has 1 aliphatic rings. The van der Waals surface area contributed by atoms with Crippen LogP contribution in [-0.2, 0) is 11.0 Å². The van der Waals surface area contributed by atoms with Crippen LogP contribution in [0.15, 0.2) is 18.3 Å². The number of amides is 1. The molecule has 2 heterocycles. The van der Waals surface area contributed by atoms with Gasteiger partial charge in [0.25, 0.3) is 0 Å². The molecule has 28 heavy (non-hydrogen) atoms. The molecule has 4 nitrogen and oxygen atoms in total. The third-order valence-corrected chi connectivity index (χ3v) is 5.10. The van der Waals surface area contributed by atoms with Crippen molar-refractivity contribution in [2.45, 2.75) is 57.8 Å². The zero-order valence-corrected chi connectivity index (χ0v) is 15.2. The Kier molecular flexibility index (Phi) is 4.87. The highest BCUT2D eigenvalue weighted by Gasteiger charge is 2.48. The van der Waals surface area contributed by atoms with Gasteiger partial charge < -0.3 is 9.72 Å². The molecule has 1 amide bonds. The molecule has 0 radical (unpaired) electrons. The first-order valence-corrected chi connectivity index (χ1v) is 8.75. The van der Waals surface area contributed by atoms with Crippen molar-refractivity contribution in [3.05, 3.63) is 29.6 Å². The Balaban J connectivity index is 1.95. The first kappa shape index (κ1) is 20.5. The maximum absolute atomic E-state index is 13.0. The van der Waals surface area contributed by atoms with E-state index in [-0.39, 0.29) is 17.4 Å². The highest BCUT2D eigenvalue weighted by Crippen LogP contribution is 2.43. The van der Waals surface area contributed by atoms with Crippen molar-refractivity contribution >= 4 is 17.4 Å². The van der Waals surface area contributed by atoms with Crippen molar-refractivity contribution in [2.75, 3.05) is 5.32 Å². The van der Waals surface area contributed by atoms with Crippen LogP contribution in [0.5, 0.6) is 0 Å². The highest BCUT2D eigenvalue weighted by molar-refractivity contribution is 5.91. The Hall–Kier alpha value is -2.26. The summed E-state index contributed by atoms with van der Waals surface area (Å²) in [6, 6.07) is 2.06. The van der Waals surface area contributed by atoms with Crippen molar-refractivity contribution in [1.29, 1.82) is 0 Å². The number of carbonyl (C=O) groups excluding carboxylic acids is 1. The van der Waals surface area contributed by atoms with E-state index in [0.717, 1.165) is 32.5 Å². The van der Waals surface area contributed by atoms with E-state index in [1.54, 1.807) is 0 Å². The number of nitrogens with one attached hydrogen (secondary N) is 1. The molecule has 0 atom stereocenters. The van der Waals surface area contributed by atoms with E-state index in [9.17, 15) is 31.1 Å². The highest BCUT2D eigenvalue weighted by atomic mass is 19.4. The quantitative estimate of drug-likeness (QED) is 0.677. The third-order valence-electron chi connectivity index (χ3n) is 5.10. The third kappa shape index (κ3) is 3.81. The maximum Gasteiger partial charge on any atom is 0.417 e. The minimum atomic E-state index is -4.57. The number of rotatable bonds is 4. The minimum absolute atomic E-state index is 0.0204. The van der Waals surface area contributed by atoms with Gasteiger partial charge in [0.1, 0.15) is 5.65 Å². The molecule has 1 saturated carbocycles. The van der Waals surface area contributed by atoms with E-state index >= 15 is 0 Å². The average Bonchev–Trinajstić information content (AvgIpc) is 2.80. The summed E-state index contributed by atoms with van der Waals surface area (Å²) in [7, 11) is 0. The molecule has 0 bridgehead atoms. The van der Waals surface area contributed by atoms with Gasteiger partial charge in [0, 0.05) is 18.5 Å². The van der Waals surface area contributed by atoms with Gasteiger partial charge in [-0.3, -0.25) is 4.79 Å². The van der Waals surface area contributed by atoms with E-state index in [2.05, 4.69) is 10.3 Å². The Bertz CT molecular complexity index is 893. The summed E-state index contributed by atoms with van der Waals surface area (Å²) in [6.07, 6.45) is -6.72. The molecule has 0 aliphatic heterocycles. The lowest BCUT2D eigenvalue weighted by Gasteiger charge is -2.28. The van der Waals surface area contributed by atoms with Crippen LogP contribution in [0.2, 0.25) is 0 Å². The van der Waals surface area contributed by atoms with Crippen LogP contribution in [-0.4, -0.2) is 21.5 Å². The van der Waals surface area contributed by atoms with Gasteiger partial charge in [0.15, 0.2) is 5.82 Å². The topological polar surface area (TPSA) is 46.4 Å². The van der Waals surface area contributed by atoms with Gasteiger partial charge in [-0.2, -0.15) is 26.3 Å². The molecule has 2 aromatic heterocycles. The molecule has 1 N–H and O–H groups in total. The lowest BCUT2D eigenvalue weighted by Crippen LogP contribution is -2.36. The van der Waals surface area contributed by atoms with Crippen molar-refractivity contribution in [2.24, 2.45) is 5.41 Å². The number of aromatic nitrogens is 2. The Labute approximate surface area is 156 Å². The molecule has 0 saturated heterocycles. The van der Waals surface area contributed by atoms with Crippen LogP contribution in [0.25, 0.3) is 5.65 Å². The molecule has 10 heteroatoms. The fraction of sp³-hybridized carbons (Fsp3) is 0.556. The summed E-state index contributed by atoms with van der Waals surface area (Å²) in [4.78, 5) is 16.4. The number of hydrogen-bond acceptors (Lipinski definition) is 2. The van der Waals surface area contributed by atoms with E-state index in [4.69, 9.17) is 0 Å². The second kappa shape index (κ2) is 6.66. The summed E-state index contributed by atoms with van der Waals surface area (Å²) < 4.78 is 79.5. The summed E-state index contributed by atoms with van der Waals surface area (Å²) >= 11 is 0. The lowest BCUT2D eigenvalue weighted by molar-refractivity contribution is -0.213. The molecule has 0 spiro atoms. The predicted molar refractivity (Wildman–Crippen MR) is 89.9 cm³/mol. The number of alkyl halides is 6. The number of carbonyl (C=O) groups is 1. The van der Waals surface area contributed by atoms with Gasteiger partial charge in [0.2, 0.25) is 5.91 Å². The zero-order valence-electron chi connectivity index (χ0n) is 15.2. The normalized spacial score (nSPS) is 16.3. The molecule has 1 aliphatic carbocycles. The average molecular weight is 407 g/mol. The maximum atomic E-state index is 13.0. The van der Waals surface area contributed by atoms with Gasteiger partial charge >= 0.3 is 12.4 Å². The smallest absolute Gasteiger partial charge is 0.309 e. The van der Waals surface area contributed by atoms with Gasteiger partial charge in [-0.05, 0) is 25.0 Å². The van der Waals surface area contributed by atoms with E-state index in [0.29, 0.717) is 18.5 Å². The molecule has 1 fully saturated rings. The van der Waals surface area contributed by atoms with Crippen LogP contribution >= 0.6 is 0 Å². The standard InChI is InChI=1S/C18H19F6N3O/c1-16(2,18(22,23)24)8-13(28)26-15-14(10-4-3-5-10)27-9-11(17(19,20)21)6-7-12(27)25-15/h6-7,9-10H,3-5,8H2,1-2H3,(H,26,28). The molecule has 2 aromatic rings. The lowest BCUT2D eigenvalue weighted by atomic mass is 9.82. The summed E-state index contributed by atoms with van der Waals surface area (Å²) in [5.74, 6) is -0.973. The van der Waals surface area contributed by atoms with Gasteiger partial charge in [-0.15, -0.1) is 0 Å². The van der Waals surface area contributed by atoms with Crippen molar-refractivity contribution < 1.29 is 31.1 Å². The molecule has 154 valence electrons. The largest absolute Gasteiger partial charge is 0.417 e. The number of halogens is 6. The summed E-state index contributed by atoms with van der Waals surface area (Å²) in [6.45, 7) is 1.83. The molecule has 0 aromatic carbocycles. The second-order valence-electron chi connectivity index (χ2n) is 7.72. The predicted octanol–water partition coefficient (Wildman–Crippen LogP) is 5.54. The summed E-state index contributed by atoms with van der Waals surface area (Å²) in [5.41, 5.74) is -2.52.